The van der Waals surface area contributed by atoms with Gasteiger partial charge in [0.1, 0.15) is 28.6 Å². The lowest BCUT2D eigenvalue weighted by Gasteiger charge is -2.28. The van der Waals surface area contributed by atoms with Crippen molar-refractivity contribution in [2.45, 2.75) is 39.0 Å². The van der Waals surface area contributed by atoms with Crippen molar-refractivity contribution >= 4 is 40.7 Å². The molecule has 0 aliphatic carbocycles. The van der Waals surface area contributed by atoms with E-state index in [1.165, 1.54) is 36.3 Å². The van der Waals surface area contributed by atoms with Crippen LogP contribution in [0.5, 0.6) is 17.2 Å². The van der Waals surface area contributed by atoms with Crippen LogP contribution in [0.4, 0.5) is 0 Å². The van der Waals surface area contributed by atoms with Gasteiger partial charge in [-0.3, -0.25) is 9.59 Å². The van der Waals surface area contributed by atoms with Gasteiger partial charge in [-0.05, 0) is 56.7 Å². The van der Waals surface area contributed by atoms with Gasteiger partial charge < -0.3 is 24.6 Å². The number of nitrogens with zero attached hydrogens (tertiary/aromatic N) is 1. The molecule has 3 aromatic carbocycles. The molecule has 1 aliphatic heterocycles. The van der Waals surface area contributed by atoms with Gasteiger partial charge in [0.15, 0.2) is 0 Å². The maximum absolute atomic E-state index is 13.5. The van der Waals surface area contributed by atoms with Gasteiger partial charge in [0.25, 0.3) is 11.7 Å². The first-order valence-corrected chi connectivity index (χ1v) is 12.5. The fourth-order valence-corrected chi connectivity index (χ4v) is 4.95. The number of benzene rings is 3. The Bertz CT molecular complexity index is 1430. The first kappa shape index (κ1) is 27.4. The molecule has 9 heteroatoms. The van der Waals surface area contributed by atoms with Crippen LogP contribution in [-0.4, -0.2) is 39.5 Å². The molecule has 0 spiro atoms. The summed E-state index contributed by atoms with van der Waals surface area (Å²) in [5.74, 6) is -1.49. The summed E-state index contributed by atoms with van der Waals surface area (Å²) < 4.78 is 11.5. The molecule has 1 atom stereocenters. The van der Waals surface area contributed by atoms with E-state index in [0.717, 1.165) is 0 Å². The predicted molar refractivity (Wildman–Crippen MR) is 146 cm³/mol. The largest absolute Gasteiger partial charge is 0.508 e. The molecule has 1 aliphatic rings. The molecular formula is C29H27Cl2NO6. The molecule has 1 heterocycles. The Morgan fingerprint density at radius 3 is 2.32 bits per heavy atom. The molecule has 0 saturated carbocycles. The highest BCUT2D eigenvalue weighted by Gasteiger charge is 2.46. The number of hydrogen-bond donors (Lipinski definition) is 2. The lowest BCUT2D eigenvalue weighted by atomic mass is 9.94. The molecule has 1 saturated heterocycles. The van der Waals surface area contributed by atoms with Crippen molar-refractivity contribution in [1.29, 1.82) is 0 Å². The van der Waals surface area contributed by atoms with Crippen molar-refractivity contribution < 1.29 is 29.3 Å². The Hall–Kier alpha value is -3.68. The number of para-hydroxylation sites is 1. The van der Waals surface area contributed by atoms with Crippen molar-refractivity contribution in [3.8, 4) is 17.2 Å². The van der Waals surface area contributed by atoms with E-state index in [-0.39, 0.29) is 39.2 Å². The third-order valence-electron chi connectivity index (χ3n) is 5.95. The number of carbonyl (C=O) groups excluding carboxylic acids is 2. The van der Waals surface area contributed by atoms with Crippen LogP contribution in [0.2, 0.25) is 10.0 Å². The van der Waals surface area contributed by atoms with Gasteiger partial charge in [-0.25, -0.2) is 0 Å². The second-order valence-corrected chi connectivity index (χ2v) is 10.7. The molecule has 3 aromatic rings. The highest BCUT2D eigenvalue weighted by atomic mass is 35.5. The topological polar surface area (TPSA) is 96.3 Å². The van der Waals surface area contributed by atoms with E-state index in [4.69, 9.17) is 32.7 Å². The van der Waals surface area contributed by atoms with Gasteiger partial charge in [-0.1, -0.05) is 53.5 Å². The number of rotatable bonds is 6. The fourth-order valence-electron chi connectivity index (χ4n) is 4.38. The number of Topliss-reactive ketones (excluding diaryl/α,β-unsaturated/α-hetero) is 1. The molecule has 2 N–H and O–H groups in total. The van der Waals surface area contributed by atoms with Crippen molar-refractivity contribution in [3.63, 3.8) is 0 Å². The Morgan fingerprint density at radius 1 is 1.03 bits per heavy atom. The quantitative estimate of drug-likeness (QED) is 0.204. The highest BCUT2D eigenvalue weighted by Crippen LogP contribution is 2.44. The number of methoxy groups -OCH3 is 1. The van der Waals surface area contributed by atoms with Gasteiger partial charge in [0.05, 0.1) is 35.9 Å². The van der Waals surface area contributed by atoms with Crippen molar-refractivity contribution in [1.82, 2.24) is 4.90 Å². The zero-order chi connectivity index (χ0) is 27.8. The van der Waals surface area contributed by atoms with E-state index in [1.807, 2.05) is 39.0 Å². The number of hydrogen-bond acceptors (Lipinski definition) is 6. The number of likely N-dealkylation sites (tertiary alicyclic amines) is 1. The SMILES string of the molecule is COc1c(Cl)cc(Cl)cc1/C(O)=C1\C(=O)C(=O)N(Cc2ccccc2OC(C)(C)C)C1c1ccc(O)cc1. The van der Waals surface area contributed by atoms with Gasteiger partial charge in [-0.15, -0.1) is 0 Å². The lowest BCUT2D eigenvalue weighted by Crippen LogP contribution is -2.30. The number of phenols is 1. The molecule has 0 aromatic heterocycles. The minimum atomic E-state index is -0.985. The molecule has 0 bridgehead atoms. The summed E-state index contributed by atoms with van der Waals surface area (Å²) in [7, 11) is 1.37. The summed E-state index contributed by atoms with van der Waals surface area (Å²) in [4.78, 5) is 28.3. The third-order valence-corrected chi connectivity index (χ3v) is 6.44. The highest BCUT2D eigenvalue weighted by molar-refractivity contribution is 6.46. The van der Waals surface area contributed by atoms with E-state index in [2.05, 4.69) is 0 Å². The molecule has 7 nitrogen and oxygen atoms in total. The predicted octanol–water partition coefficient (Wildman–Crippen LogP) is 6.51. The van der Waals surface area contributed by atoms with Crippen LogP contribution >= 0.6 is 23.2 Å². The van der Waals surface area contributed by atoms with Crippen molar-refractivity contribution in [3.05, 3.63) is 93.0 Å². The smallest absolute Gasteiger partial charge is 0.295 e. The summed E-state index contributed by atoms with van der Waals surface area (Å²) >= 11 is 12.5. The Balaban J connectivity index is 1.90. The van der Waals surface area contributed by atoms with Crippen LogP contribution in [-0.2, 0) is 16.1 Å². The lowest BCUT2D eigenvalue weighted by molar-refractivity contribution is -0.140. The minimum absolute atomic E-state index is 0.0120. The van der Waals surface area contributed by atoms with E-state index < -0.39 is 29.1 Å². The van der Waals surface area contributed by atoms with Gasteiger partial charge in [-0.2, -0.15) is 0 Å². The standard InChI is InChI=1S/C29H27Cl2NO6/c1-29(2,3)38-22-8-6-5-7-17(22)15-32-24(16-9-11-19(33)12-10-16)23(26(35)28(32)36)25(34)20-13-18(30)14-21(31)27(20)37-4/h5-14,24,33-34H,15H2,1-4H3/b25-23+. The number of ketones is 1. The number of aliphatic hydroxyl groups excluding tert-OH is 1. The maximum atomic E-state index is 13.5. The Kier molecular flexibility index (Phi) is 7.63. The van der Waals surface area contributed by atoms with Crippen LogP contribution in [0, 0.1) is 0 Å². The number of ether oxygens (including phenoxy) is 2. The fraction of sp³-hybridized carbons (Fsp3) is 0.241. The first-order valence-electron chi connectivity index (χ1n) is 11.8. The number of amides is 1. The van der Waals surface area contributed by atoms with Crippen LogP contribution in [0.3, 0.4) is 0 Å². The summed E-state index contributed by atoms with van der Waals surface area (Å²) in [5, 5.41) is 21.7. The van der Waals surface area contributed by atoms with Crippen molar-refractivity contribution in [2.75, 3.05) is 7.11 Å². The molecule has 4 rings (SSSR count). The Labute approximate surface area is 230 Å². The van der Waals surface area contributed by atoms with Crippen LogP contribution in [0.25, 0.3) is 5.76 Å². The summed E-state index contributed by atoms with van der Waals surface area (Å²) in [6, 6.07) is 15.2. The minimum Gasteiger partial charge on any atom is -0.508 e. The molecule has 1 amide bonds. The van der Waals surface area contributed by atoms with E-state index >= 15 is 0 Å². The van der Waals surface area contributed by atoms with E-state index in [9.17, 15) is 19.8 Å². The summed E-state index contributed by atoms with van der Waals surface area (Å²) in [6.07, 6.45) is 0. The van der Waals surface area contributed by atoms with Crippen LogP contribution < -0.4 is 9.47 Å². The van der Waals surface area contributed by atoms with E-state index in [1.54, 1.807) is 18.2 Å². The Morgan fingerprint density at radius 2 is 1.68 bits per heavy atom. The molecule has 0 radical (unpaired) electrons. The maximum Gasteiger partial charge on any atom is 0.295 e. The number of aromatic hydroxyl groups is 1. The number of aliphatic hydroxyl groups is 1. The van der Waals surface area contributed by atoms with Gasteiger partial charge in [0, 0.05) is 10.6 Å². The second-order valence-electron chi connectivity index (χ2n) is 9.81. The number of halogens is 2. The number of carbonyl (C=O) groups is 2. The molecule has 1 unspecified atom stereocenters. The zero-order valence-corrected chi connectivity index (χ0v) is 22.8. The summed E-state index contributed by atoms with van der Waals surface area (Å²) in [5.41, 5.74) is 0.597. The average Bonchev–Trinajstić information content (AvgIpc) is 3.09. The first-order chi connectivity index (χ1) is 17.9. The molecule has 38 heavy (non-hydrogen) atoms. The third kappa shape index (κ3) is 5.44. The van der Waals surface area contributed by atoms with Crippen LogP contribution in [0.15, 0.2) is 66.2 Å². The molecule has 198 valence electrons. The van der Waals surface area contributed by atoms with Crippen LogP contribution in [0.1, 0.15) is 43.5 Å². The number of phenolic OH excluding ortho intramolecular Hbond substituents is 1. The molecular weight excluding hydrogens is 529 g/mol. The monoisotopic (exact) mass is 555 g/mol. The zero-order valence-electron chi connectivity index (χ0n) is 21.3. The average molecular weight is 556 g/mol. The van der Waals surface area contributed by atoms with Gasteiger partial charge >= 0.3 is 0 Å². The summed E-state index contributed by atoms with van der Waals surface area (Å²) in [6.45, 7) is 5.76. The van der Waals surface area contributed by atoms with Gasteiger partial charge in [0.2, 0.25) is 0 Å². The normalized spacial score (nSPS) is 17.1. The van der Waals surface area contributed by atoms with E-state index in [0.29, 0.717) is 16.9 Å². The second kappa shape index (κ2) is 10.6. The molecule has 1 fully saturated rings. The van der Waals surface area contributed by atoms with Crippen molar-refractivity contribution in [2.24, 2.45) is 0 Å².